The normalized spacial score (nSPS) is 39.3. The van der Waals surface area contributed by atoms with E-state index in [1.165, 1.54) is 0 Å². The zero-order valence-electron chi connectivity index (χ0n) is 6.82. The molecule has 1 heterocycles. The van der Waals surface area contributed by atoms with Crippen molar-refractivity contribution in [2.24, 2.45) is 0 Å². The van der Waals surface area contributed by atoms with E-state index in [-0.39, 0.29) is 6.92 Å². The maximum atomic E-state index is 13.0. The Kier molecular flexibility index (Phi) is 2.13. The molecule has 1 rings (SSSR count). The third kappa shape index (κ3) is 1.14. The minimum atomic E-state index is -5.25. The Morgan fingerprint density at radius 2 is 1.57 bits per heavy atom. The summed E-state index contributed by atoms with van der Waals surface area (Å²) in [5.41, 5.74) is 0. The van der Waals surface area contributed by atoms with Gasteiger partial charge in [-0.3, -0.25) is 0 Å². The molecule has 0 radical (unpaired) electrons. The quantitative estimate of drug-likeness (QED) is 0.638. The molecular weight excluding hydrogens is 233 g/mol. The molecule has 14 heavy (non-hydrogen) atoms. The molecule has 0 aromatic carbocycles. The molecule has 1 atom stereocenters. The fourth-order valence-corrected chi connectivity index (χ4v) is 2.06. The van der Waals surface area contributed by atoms with Crippen LogP contribution >= 0.6 is 0 Å². The van der Waals surface area contributed by atoms with Crippen molar-refractivity contribution in [1.82, 2.24) is 4.72 Å². The number of rotatable bonds is 0. The molecule has 3 nitrogen and oxygen atoms in total. The van der Waals surface area contributed by atoms with Crippen molar-refractivity contribution >= 4 is 10.0 Å². The van der Waals surface area contributed by atoms with Crippen LogP contribution in [0.1, 0.15) is 6.92 Å². The number of halogens is 5. The van der Waals surface area contributed by atoms with Gasteiger partial charge in [-0.15, -0.1) is 0 Å². The maximum Gasteiger partial charge on any atom is 0.360 e. The largest absolute Gasteiger partial charge is 0.360 e. The minimum Gasteiger partial charge on any atom is -0.218 e. The van der Waals surface area contributed by atoms with Gasteiger partial charge in [0.25, 0.3) is 15.0 Å². The molecular formula is C5H6F5NO2S. The second-order valence-corrected chi connectivity index (χ2v) is 5.08. The van der Waals surface area contributed by atoms with Crippen molar-refractivity contribution in [2.45, 2.75) is 23.8 Å². The fraction of sp³-hybridized carbons (Fsp3) is 1.00. The van der Waals surface area contributed by atoms with E-state index in [9.17, 15) is 30.4 Å². The lowest BCUT2D eigenvalue weighted by atomic mass is 10.1. The third-order valence-corrected chi connectivity index (χ3v) is 3.80. The summed E-state index contributed by atoms with van der Waals surface area (Å²) in [6, 6.07) is 0. The lowest BCUT2D eigenvalue weighted by Gasteiger charge is -2.39. The fourth-order valence-electron chi connectivity index (χ4n) is 0.928. The first-order chi connectivity index (χ1) is 5.96. The van der Waals surface area contributed by atoms with Crippen LogP contribution in [0.3, 0.4) is 0 Å². The van der Waals surface area contributed by atoms with Gasteiger partial charge < -0.3 is 0 Å². The van der Waals surface area contributed by atoms with Gasteiger partial charge in [0.2, 0.25) is 0 Å². The second kappa shape index (κ2) is 2.57. The molecule has 0 aromatic rings. The van der Waals surface area contributed by atoms with Gasteiger partial charge in [-0.2, -0.15) is 17.6 Å². The van der Waals surface area contributed by atoms with Crippen LogP contribution in [0.4, 0.5) is 22.0 Å². The van der Waals surface area contributed by atoms with E-state index < -0.39 is 33.4 Å². The van der Waals surface area contributed by atoms with Crippen LogP contribution in [0.2, 0.25) is 0 Å². The monoisotopic (exact) mass is 239 g/mol. The third-order valence-electron chi connectivity index (χ3n) is 2.01. The maximum absolute atomic E-state index is 13.0. The lowest BCUT2D eigenvalue weighted by Crippen LogP contribution is -2.69. The molecule has 1 saturated heterocycles. The molecule has 84 valence electrons. The van der Waals surface area contributed by atoms with Crippen molar-refractivity contribution in [3.8, 4) is 0 Å². The van der Waals surface area contributed by atoms with Crippen molar-refractivity contribution in [3.63, 3.8) is 0 Å². The van der Waals surface area contributed by atoms with Crippen molar-refractivity contribution in [1.29, 1.82) is 0 Å². The van der Waals surface area contributed by atoms with Crippen molar-refractivity contribution in [2.75, 3.05) is 6.54 Å². The van der Waals surface area contributed by atoms with Gasteiger partial charge in [0.1, 0.15) is 0 Å². The summed E-state index contributed by atoms with van der Waals surface area (Å²) in [7, 11) is -5.09. The highest BCUT2D eigenvalue weighted by Crippen LogP contribution is 2.49. The Balaban J connectivity index is 3.34. The minimum absolute atomic E-state index is 0.0948. The van der Waals surface area contributed by atoms with Crippen LogP contribution in [0, 0.1) is 0 Å². The van der Waals surface area contributed by atoms with Gasteiger partial charge in [0.05, 0.1) is 6.54 Å². The number of hydrogen-bond acceptors (Lipinski definition) is 2. The number of alkyl halides is 5. The van der Waals surface area contributed by atoms with E-state index in [4.69, 9.17) is 0 Å². The summed E-state index contributed by atoms with van der Waals surface area (Å²) in [4.78, 5) is 0. The predicted molar refractivity (Wildman–Crippen MR) is 36.3 cm³/mol. The summed E-state index contributed by atoms with van der Waals surface area (Å²) in [5.74, 6) is -9.98. The topological polar surface area (TPSA) is 46.2 Å². The molecule has 1 fully saturated rings. The van der Waals surface area contributed by atoms with Crippen LogP contribution < -0.4 is 4.72 Å². The molecule has 0 spiro atoms. The molecule has 0 amide bonds. The van der Waals surface area contributed by atoms with Crippen molar-refractivity contribution in [3.05, 3.63) is 0 Å². The first-order valence-corrected chi connectivity index (χ1v) is 4.88. The molecule has 0 aromatic heterocycles. The Morgan fingerprint density at radius 3 is 1.93 bits per heavy atom. The van der Waals surface area contributed by atoms with Crippen molar-refractivity contribution < 1.29 is 30.4 Å². The molecule has 1 aliphatic rings. The highest BCUT2D eigenvalue weighted by atomic mass is 32.2. The van der Waals surface area contributed by atoms with Gasteiger partial charge in [0.15, 0.2) is 0 Å². The summed E-state index contributed by atoms with van der Waals surface area (Å²) in [6.45, 7) is -1.90. The van der Waals surface area contributed by atoms with E-state index in [1.54, 1.807) is 0 Å². The number of nitrogens with one attached hydrogen (secondary N) is 1. The Labute approximate surface area is 76.3 Å². The van der Waals surface area contributed by atoms with Gasteiger partial charge in [-0.05, 0) is 6.92 Å². The smallest absolute Gasteiger partial charge is 0.218 e. The second-order valence-electron chi connectivity index (χ2n) is 3.02. The first kappa shape index (κ1) is 11.6. The molecule has 1 aliphatic heterocycles. The Morgan fingerprint density at radius 1 is 1.14 bits per heavy atom. The van der Waals surface area contributed by atoms with E-state index in [0.717, 1.165) is 4.72 Å². The van der Waals surface area contributed by atoms with Gasteiger partial charge in [-0.1, -0.05) is 0 Å². The Hall–Kier alpha value is -0.440. The zero-order valence-corrected chi connectivity index (χ0v) is 7.64. The number of hydrogen-bond donors (Lipinski definition) is 1. The molecule has 0 bridgehead atoms. The predicted octanol–water partition coefficient (Wildman–Crippen LogP) is 0.876. The highest BCUT2D eigenvalue weighted by molar-refractivity contribution is 7.90. The van der Waals surface area contributed by atoms with E-state index in [0.29, 0.717) is 0 Å². The van der Waals surface area contributed by atoms with Gasteiger partial charge >= 0.3 is 11.8 Å². The highest BCUT2D eigenvalue weighted by Gasteiger charge is 2.76. The molecule has 0 aliphatic carbocycles. The van der Waals surface area contributed by atoms with Crippen LogP contribution in [0.5, 0.6) is 0 Å². The average molecular weight is 239 g/mol. The summed E-state index contributed by atoms with van der Waals surface area (Å²) < 4.78 is 85.9. The number of sulfonamides is 1. The van der Waals surface area contributed by atoms with Crippen LogP contribution in [0.15, 0.2) is 0 Å². The van der Waals surface area contributed by atoms with Crippen LogP contribution in [0.25, 0.3) is 0 Å². The SMILES string of the molecule is CC1(F)C(F)(F)C(F)(F)CNS1(=O)=O. The Bertz CT molecular complexity index is 349. The average Bonchev–Trinajstić information content (AvgIpc) is 1.98. The van der Waals surface area contributed by atoms with Crippen LogP contribution in [-0.4, -0.2) is 31.8 Å². The standard InChI is InChI=1S/C5H6F5NO2S/c1-3(6)5(9,10)4(7,8)2-11-14(3,12)13/h11H,2H2,1H3. The zero-order chi connectivity index (χ0) is 11.4. The van der Waals surface area contributed by atoms with E-state index in [2.05, 4.69) is 0 Å². The van der Waals surface area contributed by atoms with E-state index >= 15 is 0 Å². The summed E-state index contributed by atoms with van der Waals surface area (Å²) in [5, 5.41) is -4.32. The lowest BCUT2D eigenvalue weighted by molar-refractivity contribution is -0.248. The first-order valence-electron chi connectivity index (χ1n) is 3.39. The molecule has 0 saturated carbocycles. The molecule has 9 heteroatoms. The summed E-state index contributed by atoms with van der Waals surface area (Å²) in [6.07, 6.45) is 0. The van der Waals surface area contributed by atoms with Crippen LogP contribution in [-0.2, 0) is 10.0 Å². The summed E-state index contributed by atoms with van der Waals surface area (Å²) >= 11 is 0. The van der Waals surface area contributed by atoms with E-state index in [1.807, 2.05) is 0 Å². The molecule has 1 unspecified atom stereocenters. The molecule has 1 N–H and O–H groups in total. The van der Waals surface area contributed by atoms with Gasteiger partial charge in [-0.25, -0.2) is 17.5 Å². The van der Waals surface area contributed by atoms with Gasteiger partial charge in [0, 0.05) is 0 Å².